The molecule has 1 fully saturated rings. The fourth-order valence-electron chi connectivity index (χ4n) is 2.80. The highest BCUT2D eigenvalue weighted by molar-refractivity contribution is 5.46. The van der Waals surface area contributed by atoms with Gasteiger partial charge in [0, 0.05) is 24.8 Å². The van der Waals surface area contributed by atoms with Crippen molar-refractivity contribution in [1.82, 2.24) is 5.32 Å². The van der Waals surface area contributed by atoms with Crippen LogP contribution in [0.15, 0.2) is 30.3 Å². The van der Waals surface area contributed by atoms with Gasteiger partial charge < -0.3 is 10.2 Å². The number of nitrogens with one attached hydrogen (secondary N) is 1. The number of benzene rings is 1. The molecule has 0 unspecified atom stereocenters. The van der Waals surface area contributed by atoms with E-state index in [0.717, 1.165) is 12.0 Å². The van der Waals surface area contributed by atoms with E-state index >= 15 is 0 Å². The van der Waals surface area contributed by atoms with Crippen LogP contribution in [0.2, 0.25) is 0 Å². The number of piperidine rings is 1. The van der Waals surface area contributed by atoms with Crippen LogP contribution in [0.5, 0.6) is 0 Å². The summed E-state index contributed by atoms with van der Waals surface area (Å²) in [7, 11) is 0. The summed E-state index contributed by atoms with van der Waals surface area (Å²) in [6, 6.07) is 11.5. The molecule has 2 rings (SSSR count). The number of nitrogens with zero attached hydrogens (tertiary/aromatic N) is 1. The highest BCUT2D eigenvalue weighted by Crippen LogP contribution is 2.19. The van der Waals surface area contributed by atoms with Crippen LogP contribution in [-0.4, -0.2) is 25.7 Å². The van der Waals surface area contributed by atoms with Crippen LogP contribution in [0, 0.1) is 5.92 Å². The molecule has 1 aliphatic rings. The molecule has 0 bridgehead atoms. The van der Waals surface area contributed by atoms with Gasteiger partial charge in [-0.3, -0.25) is 0 Å². The van der Waals surface area contributed by atoms with Crippen molar-refractivity contribution in [3.8, 4) is 0 Å². The number of hydrogen-bond acceptors (Lipinski definition) is 2. The Morgan fingerprint density at radius 2 is 1.84 bits per heavy atom. The predicted molar refractivity (Wildman–Crippen MR) is 83.8 cm³/mol. The molecule has 1 aliphatic heterocycles. The summed E-state index contributed by atoms with van der Waals surface area (Å²) in [6.07, 6.45) is 5.21. The van der Waals surface area contributed by atoms with Crippen molar-refractivity contribution in [1.29, 1.82) is 0 Å². The van der Waals surface area contributed by atoms with Crippen LogP contribution in [0.4, 0.5) is 5.69 Å². The molecule has 1 aromatic carbocycles. The van der Waals surface area contributed by atoms with E-state index in [9.17, 15) is 0 Å². The van der Waals surface area contributed by atoms with Crippen LogP contribution in [0.1, 0.15) is 39.5 Å². The van der Waals surface area contributed by atoms with Crippen molar-refractivity contribution in [2.24, 2.45) is 5.92 Å². The highest BCUT2D eigenvalue weighted by Gasteiger charge is 2.18. The van der Waals surface area contributed by atoms with E-state index in [1.807, 2.05) is 0 Å². The summed E-state index contributed by atoms with van der Waals surface area (Å²) in [5.41, 5.74) is 1.38. The average molecular weight is 260 g/mol. The average Bonchev–Trinajstić information content (AvgIpc) is 2.45. The van der Waals surface area contributed by atoms with Gasteiger partial charge in [-0.15, -0.1) is 0 Å². The summed E-state index contributed by atoms with van der Waals surface area (Å²) < 4.78 is 0. The van der Waals surface area contributed by atoms with E-state index in [-0.39, 0.29) is 0 Å². The first-order valence-electron chi connectivity index (χ1n) is 7.79. The summed E-state index contributed by atoms with van der Waals surface area (Å²) in [5, 5.41) is 3.72. The van der Waals surface area contributed by atoms with Gasteiger partial charge in [-0.05, 0) is 50.3 Å². The third-order valence-electron chi connectivity index (χ3n) is 4.01. The minimum atomic E-state index is 0.729. The molecule has 1 aromatic rings. The number of anilines is 1. The van der Waals surface area contributed by atoms with Gasteiger partial charge in [0.15, 0.2) is 0 Å². The molecule has 0 aromatic heterocycles. The zero-order valence-corrected chi connectivity index (χ0v) is 12.4. The Morgan fingerprint density at radius 1 is 1.16 bits per heavy atom. The molecule has 0 atom stereocenters. The van der Waals surface area contributed by atoms with Crippen LogP contribution < -0.4 is 10.2 Å². The van der Waals surface area contributed by atoms with E-state index in [0.29, 0.717) is 0 Å². The van der Waals surface area contributed by atoms with Gasteiger partial charge in [-0.1, -0.05) is 32.0 Å². The Balaban J connectivity index is 1.65. The lowest BCUT2D eigenvalue weighted by Crippen LogP contribution is -2.42. The molecule has 19 heavy (non-hydrogen) atoms. The maximum absolute atomic E-state index is 3.72. The molecule has 2 nitrogen and oxygen atoms in total. The Bertz CT molecular complexity index is 340. The third-order valence-corrected chi connectivity index (χ3v) is 4.01. The van der Waals surface area contributed by atoms with Gasteiger partial charge in [-0.2, -0.15) is 0 Å². The molecule has 0 aliphatic carbocycles. The van der Waals surface area contributed by atoms with E-state index < -0.39 is 0 Å². The van der Waals surface area contributed by atoms with Gasteiger partial charge >= 0.3 is 0 Å². The molecule has 1 heterocycles. The van der Waals surface area contributed by atoms with Crippen molar-refractivity contribution in [3.05, 3.63) is 30.3 Å². The number of para-hydroxylation sites is 1. The molecule has 1 N–H and O–H groups in total. The van der Waals surface area contributed by atoms with E-state index in [1.165, 1.54) is 51.0 Å². The molecule has 106 valence electrons. The van der Waals surface area contributed by atoms with Crippen molar-refractivity contribution in [3.63, 3.8) is 0 Å². The van der Waals surface area contributed by atoms with Crippen LogP contribution >= 0.6 is 0 Å². The van der Waals surface area contributed by atoms with E-state index in [1.54, 1.807) is 0 Å². The Morgan fingerprint density at radius 3 is 2.47 bits per heavy atom. The lowest BCUT2D eigenvalue weighted by atomic mass is 10.0. The van der Waals surface area contributed by atoms with Gasteiger partial charge in [0.2, 0.25) is 0 Å². The molecule has 2 heteroatoms. The fraction of sp³-hybridized carbons (Fsp3) is 0.647. The maximum atomic E-state index is 3.72. The third kappa shape index (κ3) is 4.87. The van der Waals surface area contributed by atoms with Crippen molar-refractivity contribution in [2.45, 2.75) is 45.6 Å². The number of rotatable bonds is 6. The first-order chi connectivity index (χ1) is 9.25. The molecule has 0 amide bonds. The van der Waals surface area contributed by atoms with Gasteiger partial charge in [0.25, 0.3) is 0 Å². The lowest BCUT2D eigenvalue weighted by Gasteiger charge is -2.34. The molecule has 0 spiro atoms. The minimum Gasteiger partial charge on any atom is -0.371 e. The Hall–Kier alpha value is -1.02. The molecule has 1 saturated heterocycles. The lowest BCUT2D eigenvalue weighted by molar-refractivity contribution is 0.403. The highest BCUT2D eigenvalue weighted by atomic mass is 15.1. The second-order valence-corrected chi connectivity index (χ2v) is 6.09. The van der Waals surface area contributed by atoms with Gasteiger partial charge in [-0.25, -0.2) is 0 Å². The van der Waals surface area contributed by atoms with E-state index in [4.69, 9.17) is 0 Å². The maximum Gasteiger partial charge on any atom is 0.0366 e. The fourth-order valence-corrected chi connectivity index (χ4v) is 2.80. The first-order valence-corrected chi connectivity index (χ1v) is 7.79. The largest absolute Gasteiger partial charge is 0.371 e. The minimum absolute atomic E-state index is 0.729. The second kappa shape index (κ2) is 7.54. The van der Waals surface area contributed by atoms with Gasteiger partial charge in [0.05, 0.1) is 0 Å². The predicted octanol–water partition coefficient (Wildman–Crippen LogP) is 3.68. The van der Waals surface area contributed by atoms with Crippen LogP contribution in [0.25, 0.3) is 0 Å². The number of hydrogen-bond donors (Lipinski definition) is 1. The standard InChI is InChI=1S/C17H28N2/c1-15(2)7-6-12-18-16-10-13-19(14-11-16)17-8-4-3-5-9-17/h3-5,8-9,15-16,18H,6-7,10-14H2,1-2H3. The summed E-state index contributed by atoms with van der Waals surface area (Å²) in [6.45, 7) is 8.17. The molecular formula is C17H28N2. The zero-order chi connectivity index (χ0) is 13.5. The molecule has 0 radical (unpaired) electrons. The van der Waals surface area contributed by atoms with Crippen molar-refractivity contribution < 1.29 is 0 Å². The monoisotopic (exact) mass is 260 g/mol. The van der Waals surface area contributed by atoms with Crippen molar-refractivity contribution >= 4 is 5.69 Å². The van der Waals surface area contributed by atoms with E-state index in [2.05, 4.69) is 54.4 Å². The second-order valence-electron chi connectivity index (χ2n) is 6.09. The summed E-state index contributed by atoms with van der Waals surface area (Å²) in [4.78, 5) is 2.51. The smallest absolute Gasteiger partial charge is 0.0366 e. The first kappa shape index (κ1) is 14.4. The van der Waals surface area contributed by atoms with Crippen molar-refractivity contribution in [2.75, 3.05) is 24.5 Å². The topological polar surface area (TPSA) is 15.3 Å². The SMILES string of the molecule is CC(C)CCCNC1CCN(c2ccccc2)CC1. The summed E-state index contributed by atoms with van der Waals surface area (Å²) in [5.74, 6) is 0.835. The van der Waals surface area contributed by atoms with Crippen LogP contribution in [-0.2, 0) is 0 Å². The Kier molecular flexibility index (Phi) is 5.71. The normalized spacial score (nSPS) is 17.1. The molecule has 0 saturated carbocycles. The quantitative estimate of drug-likeness (QED) is 0.785. The van der Waals surface area contributed by atoms with Gasteiger partial charge in [0.1, 0.15) is 0 Å². The molecular weight excluding hydrogens is 232 g/mol. The van der Waals surface area contributed by atoms with Crippen LogP contribution in [0.3, 0.4) is 0 Å². The summed E-state index contributed by atoms with van der Waals surface area (Å²) >= 11 is 0. The zero-order valence-electron chi connectivity index (χ0n) is 12.4. The Labute approximate surface area is 118 Å².